The first-order valence-corrected chi connectivity index (χ1v) is 10.6. The number of sulfone groups is 1. The first kappa shape index (κ1) is 17.1. The standard InChI is InChI=1S/C14H15Br2NO2S2/c1-3-17-13(12-8-11(15)14(16)20-12)9-5-4-6-10(7-9)21(2,18)19/h4-8,13,17H,3H2,1-2H3. The second-order valence-electron chi connectivity index (χ2n) is 4.61. The lowest BCUT2D eigenvalue weighted by atomic mass is 10.1. The lowest BCUT2D eigenvalue weighted by Gasteiger charge is -2.17. The van der Waals surface area contributed by atoms with Crippen molar-refractivity contribution in [3.8, 4) is 0 Å². The predicted molar refractivity (Wildman–Crippen MR) is 94.8 cm³/mol. The van der Waals surface area contributed by atoms with E-state index < -0.39 is 9.84 Å². The summed E-state index contributed by atoms with van der Waals surface area (Å²) in [4.78, 5) is 1.47. The van der Waals surface area contributed by atoms with E-state index in [0.29, 0.717) is 4.90 Å². The van der Waals surface area contributed by atoms with Crippen molar-refractivity contribution in [1.29, 1.82) is 0 Å². The van der Waals surface area contributed by atoms with Gasteiger partial charge >= 0.3 is 0 Å². The molecule has 1 N–H and O–H groups in total. The normalized spacial score (nSPS) is 13.3. The van der Waals surface area contributed by atoms with Crippen LogP contribution in [0.3, 0.4) is 0 Å². The summed E-state index contributed by atoms with van der Waals surface area (Å²) in [6.45, 7) is 2.83. The second kappa shape index (κ2) is 6.91. The van der Waals surface area contributed by atoms with E-state index >= 15 is 0 Å². The zero-order chi connectivity index (χ0) is 15.6. The van der Waals surface area contributed by atoms with E-state index in [4.69, 9.17) is 0 Å². The van der Waals surface area contributed by atoms with Gasteiger partial charge in [-0.05, 0) is 62.2 Å². The van der Waals surface area contributed by atoms with Crippen molar-refractivity contribution in [3.05, 3.63) is 49.0 Å². The third-order valence-corrected chi connectivity index (χ3v) is 7.41. The Morgan fingerprint density at radius 2 is 2.00 bits per heavy atom. The van der Waals surface area contributed by atoms with Crippen LogP contribution in [0.2, 0.25) is 0 Å². The Morgan fingerprint density at radius 3 is 2.52 bits per heavy atom. The summed E-state index contributed by atoms with van der Waals surface area (Å²) < 4.78 is 25.5. The van der Waals surface area contributed by atoms with Gasteiger partial charge in [0.25, 0.3) is 0 Å². The van der Waals surface area contributed by atoms with Crippen molar-refractivity contribution in [1.82, 2.24) is 5.32 Å². The fraction of sp³-hybridized carbons (Fsp3) is 0.286. The molecule has 7 heteroatoms. The van der Waals surface area contributed by atoms with E-state index in [2.05, 4.69) is 43.2 Å². The molecule has 0 aliphatic carbocycles. The zero-order valence-corrected chi connectivity index (χ0v) is 16.4. The molecule has 0 saturated carbocycles. The van der Waals surface area contributed by atoms with E-state index in [1.165, 1.54) is 6.26 Å². The van der Waals surface area contributed by atoms with Gasteiger partial charge in [0.2, 0.25) is 0 Å². The Labute approximate surface area is 145 Å². The van der Waals surface area contributed by atoms with Crippen molar-refractivity contribution >= 4 is 53.0 Å². The van der Waals surface area contributed by atoms with Gasteiger partial charge in [-0.3, -0.25) is 0 Å². The van der Waals surface area contributed by atoms with E-state index in [9.17, 15) is 8.42 Å². The van der Waals surface area contributed by atoms with Gasteiger partial charge in [-0.1, -0.05) is 19.1 Å². The molecule has 2 aromatic rings. The number of nitrogens with one attached hydrogen (secondary N) is 1. The zero-order valence-electron chi connectivity index (χ0n) is 11.6. The Bertz CT molecular complexity index is 722. The van der Waals surface area contributed by atoms with Gasteiger partial charge in [-0.2, -0.15) is 0 Å². The van der Waals surface area contributed by atoms with Crippen LogP contribution in [0.15, 0.2) is 43.5 Å². The molecule has 1 aromatic heterocycles. The number of hydrogen-bond donors (Lipinski definition) is 1. The average Bonchev–Trinajstić information content (AvgIpc) is 2.75. The maximum absolute atomic E-state index is 11.7. The quantitative estimate of drug-likeness (QED) is 0.732. The summed E-state index contributed by atoms with van der Waals surface area (Å²) in [7, 11) is -3.20. The molecular formula is C14H15Br2NO2S2. The summed E-state index contributed by atoms with van der Waals surface area (Å²) in [5.74, 6) is 0. The SMILES string of the molecule is CCNC(c1cccc(S(C)(=O)=O)c1)c1cc(Br)c(Br)s1. The van der Waals surface area contributed by atoms with E-state index in [-0.39, 0.29) is 6.04 Å². The fourth-order valence-electron chi connectivity index (χ4n) is 2.02. The number of halogens is 2. The van der Waals surface area contributed by atoms with Gasteiger partial charge in [0.05, 0.1) is 14.7 Å². The summed E-state index contributed by atoms with van der Waals surface area (Å²) >= 11 is 8.62. The van der Waals surface area contributed by atoms with Crippen LogP contribution in [0, 0.1) is 0 Å². The number of thiophene rings is 1. The Morgan fingerprint density at radius 1 is 1.29 bits per heavy atom. The van der Waals surface area contributed by atoms with Gasteiger partial charge < -0.3 is 5.32 Å². The Balaban J connectivity index is 2.48. The van der Waals surface area contributed by atoms with Crippen LogP contribution in [-0.2, 0) is 9.84 Å². The minimum Gasteiger partial charge on any atom is -0.306 e. The first-order chi connectivity index (χ1) is 9.82. The minimum atomic E-state index is -3.20. The van der Waals surface area contributed by atoms with Crippen molar-refractivity contribution in [2.24, 2.45) is 0 Å². The maximum atomic E-state index is 11.7. The van der Waals surface area contributed by atoms with Crippen LogP contribution < -0.4 is 5.32 Å². The van der Waals surface area contributed by atoms with Crippen molar-refractivity contribution in [2.45, 2.75) is 17.9 Å². The highest BCUT2D eigenvalue weighted by molar-refractivity contribution is 9.13. The third-order valence-electron chi connectivity index (χ3n) is 2.98. The molecule has 0 aliphatic rings. The molecule has 1 aromatic carbocycles. The van der Waals surface area contributed by atoms with Gasteiger partial charge in [0.15, 0.2) is 9.84 Å². The van der Waals surface area contributed by atoms with Crippen LogP contribution in [0.5, 0.6) is 0 Å². The lowest BCUT2D eigenvalue weighted by Crippen LogP contribution is -2.21. The van der Waals surface area contributed by atoms with Crippen molar-refractivity contribution in [2.75, 3.05) is 12.8 Å². The monoisotopic (exact) mass is 451 g/mol. The molecule has 0 aliphatic heterocycles. The predicted octanol–water partition coefficient (Wildman–Crippen LogP) is 4.38. The third kappa shape index (κ3) is 4.16. The van der Waals surface area contributed by atoms with Gasteiger partial charge in [0.1, 0.15) is 0 Å². The molecule has 1 atom stereocenters. The summed E-state index contributed by atoms with van der Waals surface area (Å²) in [5.41, 5.74) is 0.945. The van der Waals surface area contributed by atoms with Crippen molar-refractivity contribution in [3.63, 3.8) is 0 Å². The molecule has 0 bridgehead atoms. The molecule has 0 spiro atoms. The average molecular weight is 453 g/mol. The van der Waals surface area contributed by atoms with Gasteiger partial charge in [-0.25, -0.2) is 8.42 Å². The van der Waals surface area contributed by atoms with Gasteiger partial charge in [0, 0.05) is 15.6 Å². The molecular weight excluding hydrogens is 438 g/mol. The Hall–Kier alpha value is -0.210. The molecule has 0 amide bonds. The minimum absolute atomic E-state index is 0.0238. The second-order valence-corrected chi connectivity index (χ2v) is 9.88. The molecule has 1 unspecified atom stereocenters. The highest BCUT2D eigenvalue weighted by Gasteiger charge is 2.18. The first-order valence-electron chi connectivity index (χ1n) is 6.31. The summed E-state index contributed by atoms with van der Waals surface area (Å²) in [5, 5.41) is 3.41. The highest BCUT2D eigenvalue weighted by atomic mass is 79.9. The molecule has 3 nitrogen and oxygen atoms in total. The molecule has 114 valence electrons. The molecule has 1 heterocycles. The van der Waals surface area contributed by atoms with Crippen LogP contribution in [-0.4, -0.2) is 21.2 Å². The molecule has 2 rings (SSSR count). The molecule has 0 fully saturated rings. The largest absolute Gasteiger partial charge is 0.306 e. The molecule has 0 radical (unpaired) electrons. The number of benzene rings is 1. The number of hydrogen-bond acceptors (Lipinski definition) is 4. The van der Waals surface area contributed by atoms with E-state index in [1.54, 1.807) is 29.5 Å². The highest BCUT2D eigenvalue weighted by Crippen LogP contribution is 2.37. The topological polar surface area (TPSA) is 46.2 Å². The van der Waals surface area contributed by atoms with Crippen LogP contribution in [0.1, 0.15) is 23.4 Å². The smallest absolute Gasteiger partial charge is 0.175 e. The maximum Gasteiger partial charge on any atom is 0.175 e. The Kier molecular flexibility index (Phi) is 5.65. The lowest BCUT2D eigenvalue weighted by molar-refractivity contribution is 0.600. The molecule has 21 heavy (non-hydrogen) atoms. The fourth-order valence-corrected chi connectivity index (χ4v) is 4.89. The van der Waals surface area contributed by atoms with Crippen LogP contribution in [0.4, 0.5) is 0 Å². The number of rotatable bonds is 5. The molecule has 0 saturated heterocycles. The van der Waals surface area contributed by atoms with Crippen molar-refractivity contribution < 1.29 is 8.42 Å². The van der Waals surface area contributed by atoms with Crippen LogP contribution >= 0.6 is 43.2 Å². The van der Waals surface area contributed by atoms with Gasteiger partial charge in [-0.15, -0.1) is 11.3 Å². The summed E-state index contributed by atoms with van der Waals surface area (Å²) in [6, 6.07) is 9.13. The van der Waals surface area contributed by atoms with E-state index in [1.807, 2.05) is 13.0 Å². The van der Waals surface area contributed by atoms with E-state index in [0.717, 1.165) is 25.2 Å². The summed E-state index contributed by atoms with van der Waals surface area (Å²) in [6.07, 6.45) is 1.23. The van der Waals surface area contributed by atoms with Crippen LogP contribution in [0.25, 0.3) is 0 Å².